The zero-order valence-electron chi connectivity index (χ0n) is 69.6. The van der Waals surface area contributed by atoms with Gasteiger partial charge in [-0.25, -0.2) is 29.9 Å². The maximum atomic E-state index is 6.75. The lowest BCUT2D eigenvalue weighted by molar-refractivity contribution is 0.580. The number of nitrogens with zero attached hydrogens (tertiary/aromatic N) is 6. The van der Waals surface area contributed by atoms with Crippen molar-refractivity contribution in [3.8, 4) is 157 Å². The molecule has 0 bridgehead atoms. The highest BCUT2D eigenvalue weighted by Gasteiger charge is 2.48. The minimum absolute atomic E-state index is 0.559. The number of aromatic nitrogens is 6. The predicted octanol–water partition coefficient (Wildman–Crippen LogP) is 30.0. The molecule has 0 spiro atoms. The van der Waals surface area contributed by atoms with E-state index >= 15 is 0 Å². The largest absolute Gasteiger partial charge is 0.436 e. The quantitative estimate of drug-likeness (QED) is 0.0888. The van der Waals surface area contributed by atoms with Gasteiger partial charge in [-0.05, 0) is 202 Å². The molecule has 8 heteroatoms. The van der Waals surface area contributed by atoms with E-state index in [4.69, 9.17) is 38.7 Å². The lowest BCUT2D eigenvalue weighted by atomic mass is 9.67. The summed E-state index contributed by atoms with van der Waals surface area (Å²) in [5, 5.41) is 0. The van der Waals surface area contributed by atoms with E-state index in [1.165, 1.54) is 61.2 Å². The summed E-state index contributed by atoms with van der Waals surface area (Å²) in [7, 11) is 0. The molecule has 128 heavy (non-hydrogen) atoms. The average molecular weight is 1640 g/mol. The lowest BCUT2D eigenvalue weighted by Gasteiger charge is -2.33. The molecule has 3 aliphatic rings. The van der Waals surface area contributed by atoms with Crippen LogP contribution < -0.4 is 0 Å². The molecule has 24 rings (SSSR count). The first-order chi connectivity index (χ1) is 63.3. The summed E-state index contributed by atoms with van der Waals surface area (Å²) in [5.74, 6) is 2.59. The molecule has 2 atom stereocenters. The van der Waals surface area contributed by atoms with Crippen molar-refractivity contribution in [3.63, 3.8) is 0 Å². The Hall–Kier alpha value is -16.7. The molecule has 0 amide bonds. The van der Waals surface area contributed by atoms with Crippen molar-refractivity contribution in [1.82, 2.24) is 29.9 Å². The second-order valence-corrected chi connectivity index (χ2v) is 33.4. The van der Waals surface area contributed by atoms with Crippen LogP contribution in [0.3, 0.4) is 0 Å². The van der Waals surface area contributed by atoms with E-state index < -0.39 is 10.8 Å². The Bertz CT molecular complexity index is 7940. The molecule has 0 saturated heterocycles. The fourth-order valence-corrected chi connectivity index (χ4v) is 19.8. The van der Waals surface area contributed by atoms with E-state index in [1.54, 1.807) is 0 Å². The first-order valence-corrected chi connectivity index (χ1v) is 43.7. The molecule has 2 unspecified atom stereocenters. The molecule has 0 fully saturated rings. The van der Waals surface area contributed by atoms with Gasteiger partial charge in [-0.1, -0.05) is 382 Å². The molecule has 0 saturated carbocycles. The van der Waals surface area contributed by atoms with E-state index in [2.05, 4.69) is 406 Å². The van der Waals surface area contributed by atoms with E-state index in [0.717, 1.165) is 164 Å². The van der Waals surface area contributed by atoms with Gasteiger partial charge in [0.25, 0.3) is 0 Å². The van der Waals surface area contributed by atoms with Gasteiger partial charge in [-0.15, -0.1) is 0 Å². The molecule has 0 aliphatic heterocycles. The Morgan fingerprint density at radius 2 is 0.539 bits per heavy atom. The molecule has 4 aromatic heterocycles. The van der Waals surface area contributed by atoms with E-state index in [-0.39, 0.29) is 0 Å². The fourth-order valence-electron chi connectivity index (χ4n) is 19.8. The van der Waals surface area contributed by atoms with Crippen molar-refractivity contribution >= 4 is 27.8 Å². The third kappa shape index (κ3) is 13.1. The van der Waals surface area contributed by atoms with Gasteiger partial charge in [0.15, 0.2) is 22.8 Å². The highest BCUT2D eigenvalue weighted by Crippen LogP contribution is 2.59. The van der Waals surface area contributed by atoms with Gasteiger partial charge in [0.05, 0.1) is 33.6 Å². The summed E-state index contributed by atoms with van der Waals surface area (Å²) in [5.41, 5.74) is 38.6. The Balaban J connectivity index is 0.498. The van der Waals surface area contributed by atoms with Crippen molar-refractivity contribution in [3.05, 3.63) is 499 Å². The summed E-state index contributed by atoms with van der Waals surface area (Å²) < 4.78 is 13.2. The van der Waals surface area contributed by atoms with Crippen molar-refractivity contribution in [1.29, 1.82) is 0 Å². The monoisotopic (exact) mass is 1630 g/mol. The van der Waals surface area contributed by atoms with Gasteiger partial charge < -0.3 is 8.83 Å². The second kappa shape index (κ2) is 31.3. The number of allylic oxidation sites excluding steroid dienone is 4. The van der Waals surface area contributed by atoms with Crippen LogP contribution in [0, 0.1) is 0 Å². The second-order valence-electron chi connectivity index (χ2n) is 33.4. The first-order valence-electron chi connectivity index (χ1n) is 43.7. The van der Waals surface area contributed by atoms with Crippen LogP contribution in [0.1, 0.15) is 63.2 Å². The van der Waals surface area contributed by atoms with Crippen LogP contribution in [-0.2, 0) is 10.8 Å². The molecule has 0 N–H and O–H groups in total. The van der Waals surface area contributed by atoms with Crippen LogP contribution in [0.25, 0.3) is 185 Å². The zero-order chi connectivity index (χ0) is 84.6. The maximum absolute atomic E-state index is 6.75. The minimum Gasteiger partial charge on any atom is -0.436 e. The standard InChI is InChI=1S/C120H78N6O2/c1-7-25-77(26-8-1)78-49-55-84(56-50-78)109-76-110(124-116(123-109)87-29-11-3-12-30-87)93-35-23-34-90(69-93)92-62-66-106-102(72-92)100-42-20-22-44-104(100)120(106,96-39-17-6-18-40-96)98-64-68-114-112(74-98)126-118(128-114)94-36-24-33-89(70-94)81-47-45-79(46-48-81)80-51-57-83(58-52-80)107-75-108(122-115(121-107)86-27-9-2-10-28-86)85-59-53-82(54-60-85)91-61-65-105-101(71-91)99-41-19-21-43-103(99)119(105,95-37-15-5-16-38-95)97-63-67-113-111(73-97)125-117(127-113)88-31-13-4-14-32-88/h1-13,15-31,33-76H,14,32H2. The Kier molecular flexibility index (Phi) is 18.3. The molecule has 4 heterocycles. The molecule has 3 aliphatic carbocycles. The molecule has 17 aromatic carbocycles. The Labute approximate surface area is 741 Å². The van der Waals surface area contributed by atoms with E-state index in [1.807, 2.05) is 42.5 Å². The summed E-state index contributed by atoms with van der Waals surface area (Å²) in [6, 6.07) is 154. The summed E-state index contributed by atoms with van der Waals surface area (Å²) in [4.78, 5) is 31.4. The van der Waals surface area contributed by atoms with Crippen LogP contribution >= 0.6 is 0 Å². The van der Waals surface area contributed by atoms with Crippen LogP contribution in [0.4, 0.5) is 0 Å². The van der Waals surface area contributed by atoms with Crippen LogP contribution in [0.5, 0.6) is 0 Å². The average Bonchev–Trinajstić information content (AvgIpc) is 1.54. The number of hydrogen-bond donors (Lipinski definition) is 0. The number of rotatable bonds is 17. The lowest BCUT2D eigenvalue weighted by Crippen LogP contribution is -2.28. The van der Waals surface area contributed by atoms with Crippen molar-refractivity contribution in [2.45, 2.75) is 23.7 Å². The molecular formula is C120H78N6O2. The molecule has 21 aromatic rings. The molecule has 8 nitrogen and oxygen atoms in total. The van der Waals surface area contributed by atoms with Crippen LogP contribution in [0.2, 0.25) is 0 Å². The van der Waals surface area contributed by atoms with Gasteiger partial charge in [-0.2, -0.15) is 0 Å². The van der Waals surface area contributed by atoms with Crippen LogP contribution in [0.15, 0.2) is 458 Å². The summed E-state index contributed by atoms with van der Waals surface area (Å²) >= 11 is 0. The molecular weight excluding hydrogens is 1560 g/mol. The number of oxazole rings is 2. The summed E-state index contributed by atoms with van der Waals surface area (Å²) in [6.45, 7) is 0. The topological polar surface area (TPSA) is 104 Å². The van der Waals surface area contributed by atoms with Crippen LogP contribution in [-0.4, -0.2) is 29.9 Å². The predicted molar refractivity (Wildman–Crippen MR) is 519 cm³/mol. The van der Waals surface area contributed by atoms with Gasteiger partial charge in [0.2, 0.25) is 11.8 Å². The van der Waals surface area contributed by atoms with Crippen molar-refractivity contribution in [2.24, 2.45) is 0 Å². The maximum Gasteiger partial charge on any atom is 0.227 e. The zero-order valence-corrected chi connectivity index (χ0v) is 69.6. The Morgan fingerprint density at radius 3 is 1.00 bits per heavy atom. The van der Waals surface area contributed by atoms with Gasteiger partial charge in [0.1, 0.15) is 11.0 Å². The molecule has 600 valence electrons. The highest BCUT2D eigenvalue weighted by atomic mass is 16.4. The Morgan fingerprint density at radius 1 is 0.211 bits per heavy atom. The van der Waals surface area contributed by atoms with Crippen molar-refractivity contribution < 1.29 is 8.83 Å². The number of fused-ring (bicyclic) bond motifs is 8. The third-order valence-electron chi connectivity index (χ3n) is 26.1. The SMILES string of the molecule is C1=CCCC(c2nc3cc(C4(c5ccccc5)c5ccccc5-c5cc(-c6ccc(-c7cc(-c8ccc(-c9ccc(-c%10cccc(-c%11nc%12cc(C%13(c%14ccccc%14)c%14ccccc%14-c%14cc(-c%15cccc(-c%16cc(-c%17ccc(-c%18ccccc%18)cc%17)nc(-c%17ccccc%17)n%16)c%15)ccc%14%13)ccc%12o%11)c%10)cc9)cc8)nc(-c8ccccc8)n7)cc6)ccc54)ccc3o2)=C1. The van der Waals surface area contributed by atoms with E-state index in [0.29, 0.717) is 23.4 Å². The fraction of sp³-hybridized carbons (Fsp3) is 0.0333. The van der Waals surface area contributed by atoms with Gasteiger partial charge >= 0.3 is 0 Å². The summed E-state index contributed by atoms with van der Waals surface area (Å²) in [6.07, 6.45) is 8.30. The normalized spacial score (nSPS) is 14.7. The third-order valence-corrected chi connectivity index (χ3v) is 26.1. The van der Waals surface area contributed by atoms with E-state index in [9.17, 15) is 0 Å². The number of benzene rings is 17. The first kappa shape index (κ1) is 75.1. The highest BCUT2D eigenvalue weighted by molar-refractivity contribution is 5.94. The smallest absolute Gasteiger partial charge is 0.227 e. The molecule has 0 radical (unpaired) electrons. The van der Waals surface area contributed by atoms with Gasteiger partial charge in [-0.3, -0.25) is 0 Å². The minimum atomic E-state index is -0.680. The number of hydrogen-bond acceptors (Lipinski definition) is 8. The van der Waals surface area contributed by atoms with Crippen molar-refractivity contribution in [2.75, 3.05) is 0 Å². The van der Waals surface area contributed by atoms with Gasteiger partial charge in [0, 0.05) is 44.5 Å².